The molecule has 5 heteroatoms. The summed E-state index contributed by atoms with van der Waals surface area (Å²) in [6, 6.07) is 7.65. The summed E-state index contributed by atoms with van der Waals surface area (Å²) in [6.45, 7) is 0.267. The molecule has 2 nitrogen and oxygen atoms in total. The third-order valence-corrected chi connectivity index (χ3v) is 3.39. The zero-order chi connectivity index (χ0) is 13.2. The van der Waals surface area contributed by atoms with Crippen molar-refractivity contribution < 1.29 is 13.2 Å². The van der Waals surface area contributed by atoms with Crippen LogP contribution < -0.4 is 10.6 Å². The number of aryl methyl sites for hydroxylation is 1. The predicted octanol–water partition coefficient (Wildman–Crippen LogP) is 2.58. The maximum absolute atomic E-state index is 12.7. The molecular weight excluding hydrogens is 241 g/mol. The monoisotopic (exact) mass is 258 g/mol. The SMILES string of the molecule is NCC(CN1CCCc2ccccc21)C(F)(F)F. The Morgan fingerprint density at radius 3 is 2.67 bits per heavy atom. The van der Waals surface area contributed by atoms with Gasteiger partial charge in [0.25, 0.3) is 0 Å². The molecule has 1 aliphatic rings. The van der Waals surface area contributed by atoms with E-state index in [1.54, 1.807) is 0 Å². The lowest BCUT2D eigenvalue weighted by Gasteiger charge is -2.34. The van der Waals surface area contributed by atoms with E-state index in [9.17, 15) is 13.2 Å². The lowest BCUT2D eigenvalue weighted by Crippen LogP contribution is -2.42. The average Bonchev–Trinajstić information content (AvgIpc) is 2.34. The van der Waals surface area contributed by atoms with Gasteiger partial charge in [-0.3, -0.25) is 0 Å². The molecule has 0 saturated carbocycles. The minimum absolute atomic E-state index is 0.0446. The molecule has 1 aromatic rings. The molecule has 100 valence electrons. The lowest BCUT2D eigenvalue weighted by atomic mass is 10.00. The number of hydrogen-bond acceptors (Lipinski definition) is 2. The van der Waals surface area contributed by atoms with Gasteiger partial charge < -0.3 is 10.6 Å². The van der Waals surface area contributed by atoms with Gasteiger partial charge in [0.2, 0.25) is 0 Å². The van der Waals surface area contributed by atoms with Crippen molar-refractivity contribution >= 4 is 5.69 Å². The zero-order valence-corrected chi connectivity index (χ0v) is 10.1. The number of para-hydroxylation sites is 1. The molecular formula is C13H17F3N2. The first-order valence-electron chi connectivity index (χ1n) is 6.12. The Morgan fingerprint density at radius 1 is 1.28 bits per heavy atom. The number of nitrogens with two attached hydrogens (primary N) is 1. The minimum Gasteiger partial charge on any atom is -0.371 e. The quantitative estimate of drug-likeness (QED) is 0.903. The second-order valence-corrected chi connectivity index (χ2v) is 4.65. The number of alkyl halides is 3. The van der Waals surface area contributed by atoms with E-state index in [1.807, 2.05) is 29.2 Å². The van der Waals surface area contributed by atoms with Crippen LogP contribution in [0.2, 0.25) is 0 Å². The molecule has 0 fully saturated rings. The Morgan fingerprint density at radius 2 is 2.00 bits per heavy atom. The minimum atomic E-state index is -4.22. The number of fused-ring (bicyclic) bond motifs is 1. The second-order valence-electron chi connectivity index (χ2n) is 4.65. The highest BCUT2D eigenvalue weighted by Crippen LogP contribution is 2.31. The first-order chi connectivity index (χ1) is 8.52. The summed E-state index contributed by atoms with van der Waals surface area (Å²) in [4.78, 5) is 1.81. The van der Waals surface area contributed by atoms with Crippen LogP contribution in [0, 0.1) is 5.92 Å². The molecule has 0 amide bonds. The topological polar surface area (TPSA) is 29.3 Å². The largest absolute Gasteiger partial charge is 0.394 e. The maximum atomic E-state index is 12.7. The van der Waals surface area contributed by atoms with Gasteiger partial charge in [-0.25, -0.2) is 0 Å². The molecule has 0 radical (unpaired) electrons. The maximum Gasteiger partial charge on any atom is 0.394 e. The fourth-order valence-corrected chi connectivity index (χ4v) is 2.38. The van der Waals surface area contributed by atoms with E-state index < -0.39 is 12.1 Å². The average molecular weight is 258 g/mol. The van der Waals surface area contributed by atoms with Crippen molar-refractivity contribution in [3.8, 4) is 0 Å². The summed E-state index contributed by atoms with van der Waals surface area (Å²) < 4.78 is 38.2. The molecule has 1 unspecified atom stereocenters. The van der Waals surface area contributed by atoms with E-state index in [2.05, 4.69) is 0 Å². The number of hydrogen-bond donors (Lipinski definition) is 1. The number of nitrogens with zero attached hydrogens (tertiary/aromatic N) is 1. The van der Waals surface area contributed by atoms with Crippen molar-refractivity contribution in [2.75, 3.05) is 24.5 Å². The Kier molecular flexibility index (Phi) is 3.80. The first kappa shape index (κ1) is 13.2. The molecule has 0 spiro atoms. The van der Waals surface area contributed by atoms with Crippen molar-refractivity contribution in [3.63, 3.8) is 0 Å². The van der Waals surface area contributed by atoms with Crippen LogP contribution in [-0.4, -0.2) is 25.8 Å². The van der Waals surface area contributed by atoms with Crippen molar-refractivity contribution in [2.24, 2.45) is 11.7 Å². The van der Waals surface area contributed by atoms with Gasteiger partial charge in [-0.2, -0.15) is 13.2 Å². The summed E-state index contributed by atoms with van der Waals surface area (Å²) in [7, 11) is 0. The normalized spacial score (nSPS) is 17.4. The molecule has 0 aromatic heterocycles. The third-order valence-electron chi connectivity index (χ3n) is 3.39. The fourth-order valence-electron chi connectivity index (χ4n) is 2.38. The Hall–Kier alpha value is -1.23. The molecule has 18 heavy (non-hydrogen) atoms. The van der Waals surface area contributed by atoms with Gasteiger partial charge in [-0.15, -0.1) is 0 Å². The molecule has 1 aliphatic heterocycles. The summed E-state index contributed by atoms with van der Waals surface area (Å²) in [6.07, 6.45) is -2.39. The van der Waals surface area contributed by atoms with E-state index in [4.69, 9.17) is 5.73 Å². The van der Waals surface area contributed by atoms with Gasteiger partial charge in [-0.1, -0.05) is 18.2 Å². The van der Waals surface area contributed by atoms with Crippen LogP contribution in [-0.2, 0) is 6.42 Å². The van der Waals surface area contributed by atoms with Crippen LogP contribution in [0.15, 0.2) is 24.3 Å². The van der Waals surface area contributed by atoms with Crippen molar-refractivity contribution in [3.05, 3.63) is 29.8 Å². The van der Waals surface area contributed by atoms with E-state index in [-0.39, 0.29) is 13.1 Å². The van der Waals surface area contributed by atoms with Gasteiger partial charge in [0, 0.05) is 25.3 Å². The highest BCUT2D eigenvalue weighted by molar-refractivity contribution is 5.55. The van der Waals surface area contributed by atoms with Crippen LogP contribution in [0.5, 0.6) is 0 Å². The Balaban J connectivity index is 2.16. The van der Waals surface area contributed by atoms with Crippen LogP contribution in [0.4, 0.5) is 18.9 Å². The number of anilines is 1. The van der Waals surface area contributed by atoms with E-state index in [1.165, 1.54) is 0 Å². The molecule has 0 bridgehead atoms. The van der Waals surface area contributed by atoms with E-state index in [0.29, 0.717) is 6.54 Å². The summed E-state index contributed by atoms with van der Waals surface area (Å²) in [5.74, 6) is -1.45. The van der Waals surface area contributed by atoms with Crippen LogP contribution in [0.25, 0.3) is 0 Å². The predicted molar refractivity (Wildman–Crippen MR) is 65.6 cm³/mol. The van der Waals surface area contributed by atoms with Crippen molar-refractivity contribution in [2.45, 2.75) is 19.0 Å². The van der Waals surface area contributed by atoms with Gasteiger partial charge in [0.1, 0.15) is 0 Å². The standard InChI is InChI=1S/C13H17F3N2/c14-13(15,16)11(8-17)9-18-7-3-5-10-4-1-2-6-12(10)18/h1-2,4,6,11H,3,5,7-9,17H2. The first-order valence-corrected chi connectivity index (χ1v) is 6.12. The van der Waals surface area contributed by atoms with E-state index in [0.717, 1.165) is 24.1 Å². The molecule has 1 aromatic carbocycles. The third kappa shape index (κ3) is 2.77. The highest BCUT2D eigenvalue weighted by atomic mass is 19.4. The van der Waals surface area contributed by atoms with Crippen LogP contribution >= 0.6 is 0 Å². The van der Waals surface area contributed by atoms with Crippen LogP contribution in [0.3, 0.4) is 0 Å². The molecule has 1 atom stereocenters. The number of benzene rings is 1. The number of rotatable bonds is 3. The van der Waals surface area contributed by atoms with Crippen LogP contribution in [0.1, 0.15) is 12.0 Å². The Bertz CT molecular complexity index is 403. The van der Waals surface area contributed by atoms with Gasteiger partial charge in [0.05, 0.1) is 5.92 Å². The second kappa shape index (κ2) is 5.18. The lowest BCUT2D eigenvalue weighted by molar-refractivity contribution is -0.169. The molecule has 2 N–H and O–H groups in total. The van der Waals surface area contributed by atoms with E-state index >= 15 is 0 Å². The van der Waals surface area contributed by atoms with Crippen molar-refractivity contribution in [1.29, 1.82) is 0 Å². The molecule has 2 rings (SSSR count). The number of halogens is 3. The fraction of sp³-hybridized carbons (Fsp3) is 0.538. The Labute approximate surface area is 105 Å². The zero-order valence-electron chi connectivity index (χ0n) is 10.1. The molecule has 1 heterocycles. The van der Waals surface area contributed by atoms with Gasteiger partial charge in [0.15, 0.2) is 0 Å². The molecule has 0 aliphatic carbocycles. The molecule has 0 saturated heterocycles. The summed E-state index contributed by atoms with van der Waals surface area (Å²) in [5, 5.41) is 0. The highest BCUT2D eigenvalue weighted by Gasteiger charge is 2.39. The van der Waals surface area contributed by atoms with Gasteiger partial charge in [-0.05, 0) is 24.5 Å². The van der Waals surface area contributed by atoms with Gasteiger partial charge >= 0.3 is 6.18 Å². The summed E-state index contributed by atoms with van der Waals surface area (Å²) in [5.41, 5.74) is 7.30. The smallest absolute Gasteiger partial charge is 0.371 e. The van der Waals surface area contributed by atoms with Crippen molar-refractivity contribution in [1.82, 2.24) is 0 Å². The summed E-state index contributed by atoms with van der Waals surface area (Å²) >= 11 is 0.